The fourth-order valence-electron chi connectivity index (χ4n) is 3.55. The first-order chi connectivity index (χ1) is 10.6. The van der Waals surface area contributed by atoms with Crippen LogP contribution in [0.3, 0.4) is 0 Å². The van der Waals surface area contributed by atoms with E-state index in [4.69, 9.17) is 4.74 Å². The van der Waals surface area contributed by atoms with Gasteiger partial charge >= 0.3 is 12.0 Å². The lowest BCUT2D eigenvalue weighted by atomic mass is 9.81. The summed E-state index contributed by atoms with van der Waals surface area (Å²) in [4.78, 5) is 33.4. The van der Waals surface area contributed by atoms with Gasteiger partial charge in [-0.1, -0.05) is 6.42 Å². The van der Waals surface area contributed by atoms with Crippen LogP contribution in [-0.2, 0) is 4.79 Å². The van der Waals surface area contributed by atoms with E-state index in [0.29, 0.717) is 18.7 Å². The third kappa shape index (κ3) is 2.24. The molecule has 2 N–H and O–H groups in total. The summed E-state index contributed by atoms with van der Waals surface area (Å²) in [5, 5.41) is 12.2. The molecule has 22 heavy (non-hydrogen) atoms. The Balaban J connectivity index is 1.73. The number of carbonyl (C=O) groups excluding carboxylic acids is 1. The average Bonchev–Trinajstić information content (AvgIpc) is 3.05. The van der Waals surface area contributed by atoms with Crippen molar-refractivity contribution in [1.29, 1.82) is 0 Å². The van der Waals surface area contributed by atoms with Gasteiger partial charge in [0.2, 0.25) is 5.88 Å². The summed E-state index contributed by atoms with van der Waals surface area (Å²) in [5.41, 5.74) is -0.411. The molecule has 2 fully saturated rings. The van der Waals surface area contributed by atoms with Crippen molar-refractivity contribution in [3.05, 3.63) is 12.5 Å². The van der Waals surface area contributed by atoms with Crippen molar-refractivity contribution < 1.29 is 19.4 Å². The van der Waals surface area contributed by atoms with Crippen LogP contribution in [-0.4, -0.2) is 52.2 Å². The van der Waals surface area contributed by atoms with Crippen LogP contribution in [0.25, 0.3) is 0 Å². The Bertz CT molecular complexity index is 608. The normalized spacial score (nSPS) is 26.6. The summed E-state index contributed by atoms with van der Waals surface area (Å²) in [6.45, 7) is 0.711. The molecule has 1 aromatic heterocycles. The van der Waals surface area contributed by atoms with E-state index in [2.05, 4.69) is 15.3 Å². The molecule has 2 heterocycles. The van der Waals surface area contributed by atoms with Gasteiger partial charge in [-0.2, -0.15) is 4.98 Å². The van der Waals surface area contributed by atoms with Crippen molar-refractivity contribution in [1.82, 2.24) is 14.9 Å². The summed E-state index contributed by atoms with van der Waals surface area (Å²) in [5.74, 6) is -0.494. The van der Waals surface area contributed by atoms with Gasteiger partial charge in [-0.3, -0.25) is 4.79 Å². The Labute approximate surface area is 127 Å². The topological polar surface area (TPSA) is 105 Å². The number of carboxylic acid groups (broad SMARTS) is 1. The Hall–Kier alpha value is -2.38. The van der Waals surface area contributed by atoms with Crippen molar-refractivity contribution in [2.24, 2.45) is 11.3 Å². The molecular weight excluding hydrogens is 288 g/mol. The summed E-state index contributed by atoms with van der Waals surface area (Å²) < 4.78 is 5.06. The molecule has 2 aliphatic rings. The SMILES string of the molecule is COc1ncncc1NC(=O)N1C[C@@H]2CCC[C@@]2(C(=O)O)C1. The van der Waals surface area contributed by atoms with Crippen molar-refractivity contribution in [3.8, 4) is 5.88 Å². The first kappa shape index (κ1) is 14.6. The maximum Gasteiger partial charge on any atom is 0.322 e. The highest BCUT2D eigenvalue weighted by molar-refractivity contribution is 5.91. The molecule has 0 bridgehead atoms. The minimum atomic E-state index is -0.800. The lowest BCUT2D eigenvalue weighted by molar-refractivity contribution is -0.149. The molecule has 2 atom stereocenters. The standard InChI is InChI=1S/C14H18N4O4/c1-22-11-10(5-15-8-16-11)17-13(21)18-6-9-3-2-4-14(9,7-18)12(19)20/h5,8-9H,2-4,6-7H2,1H3,(H,17,21)(H,19,20)/t9-,14+/m0/s1. The molecule has 2 amide bonds. The van der Waals surface area contributed by atoms with Gasteiger partial charge in [0, 0.05) is 13.1 Å². The van der Waals surface area contributed by atoms with Crippen LogP contribution in [0.5, 0.6) is 5.88 Å². The molecule has 1 aliphatic heterocycles. The van der Waals surface area contributed by atoms with Gasteiger partial charge < -0.3 is 20.1 Å². The molecule has 0 unspecified atom stereocenters. The molecule has 8 heteroatoms. The number of hydrogen-bond acceptors (Lipinski definition) is 5. The molecule has 1 aromatic rings. The zero-order chi connectivity index (χ0) is 15.7. The van der Waals surface area contributed by atoms with E-state index >= 15 is 0 Å². The minimum absolute atomic E-state index is 0.0321. The van der Waals surface area contributed by atoms with Gasteiger partial charge in [-0.05, 0) is 18.8 Å². The van der Waals surface area contributed by atoms with E-state index in [1.54, 1.807) is 4.90 Å². The number of hydrogen-bond donors (Lipinski definition) is 2. The number of nitrogens with zero attached hydrogens (tertiary/aromatic N) is 3. The van der Waals surface area contributed by atoms with Gasteiger partial charge in [-0.15, -0.1) is 0 Å². The number of methoxy groups -OCH3 is 1. The highest BCUT2D eigenvalue weighted by Gasteiger charge is 2.55. The molecule has 3 rings (SSSR count). The van der Waals surface area contributed by atoms with Crippen LogP contribution < -0.4 is 10.1 Å². The van der Waals surface area contributed by atoms with Crippen LogP contribution in [0.2, 0.25) is 0 Å². The Morgan fingerprint density at radius 1 is 1.55 bits per heavy atom. The van der Waals surface area contributed by atoms with Gasteiger partial charge in [-0.25, -0.2) is 9.78 Å². The number of aromatic nitrogens is 2. The summed E-state index contributed by atoms with van der Waals surface area (Å²) in [6, 6.07) is -0.344. The van der Waals surface area contributed by atoms with Crippen molar-refractivity contribution in [3.63, 3.8) is 0 Å². The second-order valence-electron chi connectivity index (χ2n) is 5.81. The monoisotopic (exact) mass is 306 g/mol. The molecule has 8 nitrogen and oxygen atoms in total. The molecule has 118 valence electrons. The first-order valence-corrected chi connectivity index (χ1v) is 7.20. The number of rotatable bonds is 3. The largest absolute Gasteiger partial charge is 0.481 e. The van der Waals surface area contributed by atoms with Crippen molar-refractivity contribution in [2.45, 2.75) is 19.3 Å². The number of aliphatic carboxylic acids is 1. The minimum Gasteiger partial charge on any atom is -0.481 e. The number of fused-ring (bicyclic) bond motifs is 1. The van der Waals surface area contributed by atoms with Crippen LogP contribution in [0, 0.1) is 11.3 Å². The Morgan fingerprint density at radius 2 is 2.36 bits per heavy atom. The number of carboxylic acids is 1. The third-order valence-corrected chi connectivity index (χ3v) is 4.69. The smallest absolute Gasteiger partial charge is 0.322 e. The number of anilines is 1. The number of likely N-dealkylation sites (tertiary alicyclic amines) is 1. The molecular formula is C14H18N4O4. The zero-order valence-corrected chi connectivity index (χ0v) is 12.3. The van der Waals surface area contributed by atoms with E-state index < -0.39 is 11.4 Å². The van der Waals surface area contributed by atoms with E-state index in [9.17, 15) is 14.7 Å². The maximum atomic E-state index is 12.4. The van der Waals surface area contributed by atoms with Crippen LogP contribution in [0.15, 0.2) is 12.5 Å². The predicted molar refractivity (Wildman–Crippen MR) is 76.6 cm³/mol. The Kier molecular flexibility index (Phi) is 3.59. The van der Waals surface area contributed by atoms with Crippen LogP contribution in [0.1, 0.15) is 19.3 Å². The van der Waals surface area contributed by atoms with Gasteiger partial charge in [0.25, 0.3) is 0 Å². The van der Waals surface area contributed by atoms with Gasteiger partial charge in [0.05, 0.1) is 18.7 Å². The van der Waals surface area contributed by atoms with E-state index in [1.807, 2.05) is 0 Å². The first-order valence-electron chi connectivity index (χ1n) is 7.20. The van der Waals surface area contributed by atoms with E-state index in [1.165, 1.54) is 19.6 Å². The molecule has 1 aliphatic carbocycles. The van der Waals surface area contributed by atoms with Crippen molar-refractivity contribution >= 4 is 17.7 Å². The second kappa shape index (κ2) is 5.43. The van der Waals surface area contributed by atoms with Crippen LogP contribution in [0.4, 0.5) is 10.5 Å². The highest BCUT2D eigenvalue weighted by Crippen LogP contribution is 2.48. The highest BCUT2D eigenvalue weighted by atomic mass is 16.5. The summed E-state index contributed by atoms with van der Waals surface area (Å²) >= 11 is 0. The molecule has 0 spiro atoms. The quantitative estimate of drug-likeness (QED) is 0.869. The lowest BCUT2D eigenvalue weighted by Gasteiger charge is -2.23. The van der Waals surface area contributed by atoms with E-state index in [0.717, 1.165) is 12.8 Å². The fourth-order valence-corrected chi connectivity index (χ4v) is 3.55. The molecule has 1 saturated heterocycles. The number of ether oxygens (including phenoxy) is 1. The Morgan fingerprint density at radius 3 is 3.05 bits per heavy atom. The summed E-state index contributed by atoms with van der Waals surface area (Å²) in [7, 11) is 1.46. The second-order valence-corrected chi connectivity index (χ2v) is 5.81. The average molecular weight is 306 g/mol. The number of urea groups is 1. The van der Waals surface area contributed by atoms with Crippen molar-refractivity contribution in [2.75, 3.05) is 25.5 Å². The van der Waals surface area contributed by atoms with Crippen LogP contribution >= 0.6 is 0 Å². The number of carbonyl (C=O) groups is 2. The number of nitrogens with one attached hydrogen (secondary N) is 1. The zero-order valence-electron chi connectivity index (χ0n) is 12.3. The number of amides is 2. The van der Waals surface area contributed by atoms with E-state index in [-0.39, 0.29) is 24.4 Å². The van der Waals surface area contributed by atoms with Gasteiger partial charge in [0.15, 0.2) is 0 Å². The lowest BCUT2D eigenvalue weighted by Crippen LogP contribution is -2.38. The molecule has 1 saturated carbocycles. The predicted octanol–water partition coefficient (Wildman–Crippen LogP) is 1.20. The molecule has 0 radical (unpaired) electrons. The fraction of sp³-hybridized carbons (Fsp3) is 0.571. The maximum absolute atomic E-state index is 12.4. The summed E-state index contributed by atoms with van der Waals surface area (Å²) in [6.07, 6.45) is 5.18. The molecule has 0 aromatic carbocycles. The van der Waals surface area contributed by atoms with Gasteiger partial charge in [0.1, 0.15) is 12.0 Å². The third-order valence-electron chi connectivity index (χ3n) is 4.69.